The van der Waals surface area contributed by atoms with E-state index in [1.54, 1.807) is 12.1 Å². The number of alkyl halides is 3. The molecule has 1 amide bonds. The number of nitrogens with one attached hydrogen (secondary N) is 2. The van der Waals surface area contributed by atoms with Crippen molar-refractivity contribution in [3.05, 3.63) is 64.2 Å². The van der Waals surface area contributed by atoms with Gasteiger partial charge in [-0.15, -0.1) is 0 Å². The molecule has 2 aromatic rings. The number of halogens is 3. The van der Waals surface area contributed by atoms with Gasteiger partial charge in [-0.1, -0.05) is 18.2 Å². The third-order valence-electron chi connectivity index (χ3n) is 3.63. The Labute approximate surface area is 158 Å². The summed E-state index contributed by atoms with van der Waals surface area (Å²) in [7, 11) is 0. The molecule has 2 rings (SSSR count). The molecule has 0 bridgehead atoms. The van der Waals surface area contributed by atoms with Crippen LogP contribution in [-0.4, -0.2) is 30.5 Å². The monoisotopic (exact) mass is 397 g/mol. The lowest BCUT2D eigenvalue weighted by Crippen LogP contribution is -2.29. The summed E-state index contributed by atoms with van der Waals surface area (Å²) in [6.45, 7) is 0.438. The minimum Gasteiger partial charge on any atom is -0.493 e. The third kappa shape index (κ3) is 6.45. The smallest absolute Gasteiger partial charge is 0.416 e. The van der Waals surface area contributed by atoms with Crippen LogP contribution in [0.2, 0.25) is 0 Å². The molecule has 2 aromatic carbocycles. The van der Waals surface area contributed by atoms with E-state index < -0.39 is 22.4 Å². The predicted octanol–water partition coefficient (Wildman–Crippen LogP) is 3.61. The average Bonchev–Trinajstić information content (AvgIpc) is 2.65. The van der Waals surface area contributed by atoms with Gasteiger partial charge in [-0.2, -0.15) is 13.2 Å². The van der Waals surface area contributed by atoms with E-state index in [4.69, 9.17) is 4.74 Å². The minimum atomic E-state index is -4.67. The molecule has 0 atom stereocenters. The van der Waals surface area contributed by atoms with Gasteiger partial charge in [-0.05, 0) is 24.3 Å². The number of benzene rings is 2. The van der Waals surface area contributed by atoms with Crippen LogP contribution in [0.1, 0.15) is 12.0 Å². The van der Waals surface area contributed by atoms with Crippen molar-refractivity contribution >= 4 is 17.3 Å². The van der Waals surface area contributed by atoms with Crippen molar-refractivity contribution in [2.24, 2.45) is 0 Å². The lowest BCUT2D eigenvalue weighted by molar-refractivity contribution is -0.384. The maximum Gasteiger partial charge on any atom is 0.416 e. The number of carbonyl (C=O) groups excluding carboxylic acids is 1. The number of carbonyl (C=O) groups is 1. The van der Waals surface area contributed by atoms with E-state index >= 15 is 0 Å². The van der Waals surface area contributed by atoms with Gasteiger partial charge in [0.05, 0.1) is 23.5 Å². The van der Waals surface area contributed by atoms with Crippen molar-refractivity contribution < 1.29 is 27.6 Å². The van der Waals surface area contributed by atoms with E-state index in [-0.39, 0.29) is 37.7 Å². The van der Waals surface area contributed by atoms with Crippen LogP contribution in [-0.2, 0) is 11.0 Å². The number of hydrogen-bond acceptors (Lipinski definition) is 5. The van der Waals surface area contributed by atoms with Gasteiger partial charge in [-0.3, -0.25) is 14.9 Å². The Morgan fingerprint density at radius 1 is 1.11 bits per heavy atom. The molecule has 10 heteroatoms. The normalized spacial score (nSPS) is 11.0. The van der Waals surface area contributed by atoms with Crippen molar-refractivity contribution in [2.45, 2.75) is 12.6 Å². The Balaban J connectivity index is 1.76. The number of amides is 1. The Hall–Kier alpha value is -3.30. The number of para-hydroxylation sites is 1. The highest BCUT2D eigenvalue weighted by Gasteiger charge is 2.32. The topological polar surface area (TPSA) is 93.5 Å². The van der Waals surface area contributed by atoms with Crippen LogP contribution in [0.4, 0.5) is 24.5 Å². The Kier molecular flexibility index (Phi) is 7.19. The van der Waals surface area contributed by atoms with Gasteiger partial charge in [0, 0.05) is 19.2 Å². The summed E-state index contributed by atoms with van der Waals surface area (Å²) in [6, 6.07) is 11.2. The van der Waals surface area contributed by atoms with E-state index in [1.165, 1.54) is 0 Å². The first-order valence-corrected chi connectivity index (χ1v) is 8.31. The Bertz CT molecular complexity index is 813. The standard InChI is InChI=1S/C18H18F3N3O4/c19-18(20,21)13-6-7-15(16(12-13)24(26)27)22-9-10-23-17(25)8-11-28-14-4-2-1-3-5-14/h1-7,12,22H,8-11H2,(H,23,25). The Morgan fingerprint density at radius 2 is 1.82 bits per heavy atom. The SMILES string of the molecule is O=C(CCOc1ccccc1)NCCNc1ccc(C(F)(F)F)cc1[N+](=O)[O-]. The zero-order valence-electron chi connectivity index (χ0n) is 14.7. The molecule has 0 fully saturated rings. The van der Waals surface area contributed by atoms with Crippen LogP contribution in [0.15, 0.2) is 48.5 Å². The van der Waals surface area contributed by atoms with Crippen LogP contribution in [0.3, 0.4) is 0 Å². The van der Waals surface area contributed by atoms with Crippen molar-refractivity contribution in [2.75, 3.05) is 25.0 Å². The van der Waals surface area contributed by atoms with Crippen molar-refractivity contribution in [1.29, 1.82) is 0 Å². The Morgan fingerprint density at radius 3 is 2.46 bits per heavy atom. The van der Waals surface area contributed by atoms with Crippen molar-refractivity contribution in [1.82, 2.24) is 5.32 Å². The molecule has 0 saturated carbocycles. The molecule has 0 aliphatic heterocycles. The second-order valence-corrected chi connectivity index (χ2v) is 5.68. The highest BCUT2D eigenvalue weighted by molar-refractivity contribution is 5.76. The molecule has 2 N–H and O–H groups in total. The molecule has 0 radical (unpaired) electrons. The number of rotatable bonds is 9. The van der Waals surface area contributed by atoms with E-state index in [9.17, 15) is 28.1 Å². The van der Waals surface area contributed by atoms with Gasteiger partial charge in [0.25, 0.3) is 5.69 Å². The molecule has 7 nitrogen and oxygen atoms in total. The lowest BCUT2D eigenvalue weighted by atomic mass is 10.1. The lowest BCUT2D eigenvalue weighted by Gasteiger charge is -2.11. The van der Waals surface area contributed by atoms with Crippen molar-refractivity contribution in [3.63, 3.8) is 0 Å². The molecular weight excluding hydrogens is 379 g/mol. The van der Waals surface area contributed by atoms with Gasteiger partial charge in [0.1, 0.15) is 11.4 Å². The number of anilines is 1. The molecule has 0 heterocycles. The van der Waals surface area contributed by atoms with Gasteiger partial charge >= 0.3 is 6.18 Å². The first kappa shape index (κ1) is 21.0. The number of nitro benzene ring substituents is 1. The van der Waals surface area contributed by atoms with E-state index in [2.05, 4.69) is 10.6 Å². The van der Waals surface area contributed by atoms with Gasteiger partial charge in [-0.25, -0.2) is 0 Å². The first-order chi connectivity index (χ1) is 13.3. The van der Waals surface area contributed by atoms with Crippen LogP contribution < -0.4 is 15.4 Å². The maximum absolute atomic E-state index is 12.7. The molecule has 0 saturated heterocycles. The van der Waals surface area contributed by atoms with Gasteiger partial charge in [0.2, 0.25) is 5.91 Å². The summed E-state index contributed by atoms with van der Waals surface area (Å²) >= 11 is 0. The summed E-state index contributed by atoms with van der Waals surface area (Å²) < 4.78 is 43.4. The maximum atomic E-state index is 12.7. The summed E-state index contributed by atoms with van der Waals surface area (Å²) in [6.07, 6.45) is -4.55. The van der Waals surface area contributed by atoms with E-state index in [0.29, 0.717) is 11.8 Å². The largest absolute Gasteiger partial charge is 0.493 e. The fraction of sp³-hybridized carbons (Fsp3) is 0.278. The summed E-state index contributed by atoms with van der Waals surface area (Å²) in [5.74, 6) is 0.367. The number of hydrogen-bond donors (Lipinski definition) is 2. The zero-order valence-corrected chi connectivity index (χ0v) is 14.7. The fourth-order valence-corrected chi connectivity index (χ4v) is 2.27. The third-order valence-corrected chi connectivity index (χ3v) is 3.63. The van der Waals surface area contributed by atoms with Gasteiger partial charge < -0.3 is 15.4 Å². The van der Waals surface area contributed by atoms with E-state index in [1.807, 2.05) is 18.2 Å². The highest BCUT2D eigenvalue weighted by Crippen LogP contribution is 2.34. The quantitative estimate of drug-likeness (QED) is 0.383. The van der Waals surface area contributed by atoms with Crippen LogP contribution in [0.5, 0.6) is 5.75 Å². The molecular formula is C18H18F3N3O4. The minimum absolute atomic E-state index is 0.0559. The fourth-order valence-electron chi connectivity index (χ4n) is 2.27. The first-order valence-electron chi connectivity index (χ1n) is 8.31. The van der Waals surface area contributed by atoms with Crippen LogP contribution >= 0.6 is 0 Å². The number of nitrogens with zero attached hydrogens (tertiary/aromatic N) is 1. The molecule has 0 aliphatic rings. The summed E-state index contributed by atoms with van der Waals surface area (Å²) in [4.78, 5) is 21.8. The molecule has 150 valence electrons. The number of nitro groups is 1. The molecule has 0 aromatic heterocycles. The molecule has 0 spiro atoms. The molecule has 0 unspecified atom stereocenters. The average molecular weight is 397 g/mol. The molecule has 0 aliphatic carbocycles. The second-order valence-electron chi connectivity index (χ2n) is 5.68. The van der Waals surface area contributed by atoms with Crippen molar-refractivity contribution in [3.8, 4) is 5.75 Å². The highest BCUT2D eigenvalue weighted by atomic mass is 19.4. The second kappa shape index (κ2) is 9.58. The summed E-state index contributed by atoms with van der Waals surface area (Å²) in [5, 5.41) is 16.2. The molecule has 28 heavy (non-hydrogen) atoms. The van der Waals surface area contributed by atoms with Crippen LogP contribution in [0.25, 0.3) is 0 Å². The van der Waals surface area contributed by atoms with Gasteiger partial charge in [0.15, 0.2) is 0 Å². The van der Waals surface area contributed by atoms with Crippen LogP contribution in [0, 0.1) is 10.1 Å². The van der Waals surface area contributed by atoms with E-state index in [0.717, 1.165) is 12.1 Å². The predicted molar refractivity (Wildman–Crippen MR) is 96.2 cm³/mol. The zero-order chi connectivity index (χ0) is 20.6. The number of ether oxygens (including phenoxy) is 1. The summed E-state index contributed by atoms with van der Waals surface area (Å²) in [5.41, 5.74) is -1.84.